The molecule has 8 nitrogen and oxygen atoms in total. The van der Waals surface area contributed by atoms with Crippen LogP contribution in [-0.4, -0.2) is 71.6 Å². The van der Waals surface area contributed by atoms with Crippen molar-refractivity contribution >= 4 is 11.7 Å². The molecule has 1 amide bonds. The molecule has 0 unspecified atom stereocenters. The van der Waals surface area contributed by atoms with Crippen molar-refractivity contribution in [1.82, 2.24) is 5.32 Å². The third kappa shape index (κ3) is 9.33. The van der Waals surface area contributed by atoms with Gasteiger partial charge in [0.1, 0.15) is 23.6 Å². The van der Waals surface area contributed by atoms with Gasteiger partial charge in [0, 0.05) is 25.3 Å². The fourth-order valence-corrected chi connectivity index (χ4v) is 6.69. The lowest BCUT2D eigenvalue weighted by atomic mass is 9.82. The van der Waals surface area contributed by atoms with Crippen molar-refractivity contribution in [1.29, 1.82) is 0 Å². The van der Waals surface area contributed by atoms with Crippen LogP contribution in [0.25, 0.3) is 0 Å². The molecule has 0 bridgehead atoms. The van der Waals surface area contributed by atoms with Gasteiger partial charge < -0.3 is 30.4 Å². The molecule has 4 N–H and O–H groups in total. The van der Waals surface area contributed by atoms with Gasteiger partial charge in [-0.2, -0.15) is 0 Å². The molecule has 4 fully saturated rings. The van der Waals surface area contributed by atoms with Crippen LogP contribution in [0.4, 0.5) is 0 Å². The van der Waals surface area contributed by atoms with E-state index in [1.54, 1.807) is 6.08 Å². The molecule has 4 aliphatic rings. The predicted molar refractivity (Wildman–Crippen MR) is 164 cm³/mol. The lowest BCUT2D eigenvalue weighted by Gasteiger charge is -2.39. The summed E-state index contributed by atoms with van der Waals surface area (Å²) in [5.41, 5.74) is 6.49. The summed E-state index contributed by atoms with van der Waals surface area (Å²) in [6.45, 7) is 10.8. The minimum Gasteiger partial charge on any atom is -0.387 e. The number of rotatable bonds is 11. The number of hydrogen-bond donors (Lipinski definition) is 3. The summed E-state index contributed by atoms with van der Waals surface area (Å²) in [7, 11) is 0. The van der Waals surface area contributed by atoms with Gasteiger partial charge >= 0.3 is 0 Å². The average Bonchev–Trinajstić information content (AvgIpc) is 3.71. The van der Waals surface area contributed by atoms with E-state index in [1.165, 1.54) is 0 Å². The molecule has 0 aromatic heterocycles. The Balaban J connectivity index is 1.26. The average molecular weight is 587 g/mol. The van der Waals surface area contributed by atoms with E-state index in [-0.39, 0.29) is 42.1 Å². The summed E-state index contributed by atoms with van der Waals surface area (Å²) < 4.78 is 18.3. The first kappa shape index (κ1) is 33.1. The van der Waals surface area contributed by atoms with Crippen LogP contribution in [-0.2, 0) is 23.8 Å². The van der Waals surface area contributed by atoms with Gasteiger partial charge in [0.15, 0.2) is 0 Å². The number of ether oxygens (including phenoxy) is 3. The smallest absolute Gasteiger partial charge is 0.243 e. The van der Waals surface area contributed by atoms with Gasteiger partial charge in [0.2, 0.25) is 5.91 Å². The molecule has 3 heterocycles. The summed E-state index contributed by atoms with van der Waals surface area (Å²) >= 11 is 0. The SMILES string of the molecule is CC(/C=C/[C@H]1O[C@H](CC(=O)CC2CCC(N)CC2)C[C@@]2(CO2)[C@@H]1O)=C\C[C@@H]1O[C@H](C)[C@H](NC(=O)/C=C\C(C)C)C[C@@H]1C. The topological polar surface area (TPSA) is 123 Å². The molecule has 42 heavy (non-hydrogen) atoms. The Morgan fingerprint density at radius 1 is 1.10 bits per heavy atom. The maximum Gasteiger partial charge on any atom is 0.243 e. The van der Waals surface area contributed by atoms with Crippen molar-refractivity contribution in [2.24, 2.45) is 23.5 Å². The summed E-state index contributed by atoms with van der Waals surface area (Å²) in [5, 5.41) is 14.1. The highest BCUT2D eigenvalue weighted by atomic mass is 16.6. The molecular weight excluding hydrogens is 532 g/mol. The molecule has 1 spiro atoms. The van der Waals surface area contributed by atoms with Crippen molar-refractivity contribution in [3.63, 3.8) is 0 Å². The first-order chi connectivity index (χ1) is 19.9. The monoisotopic (exact) mass is 586 g/mol. The number of epoxide rings is 1. The molecule has 8 atom stereocenters. The second kappa shape index (κ2) is 14.8. The van der Waals surface area contributed by atoms with Crippen molar-refractivity contribution in [2.45, 2.75) is 141 Å². The number of allylic oxidation sites excluding steroid dienone is 3. The molecule has 4 rings (SSSR count). The van der Waals surface area contributed by atoms with Crippen LogP contribution in [0, 0.1) is 17.8 Å². The fraction of sp³-hybridized carbons (Fsp3) is 0.765. The standard InChI is InChI=1S/C34H54N2O6/c1-21(2)6-15-32(38)36-29-16-23(4)30(41-24(29)5)13-7-22(3)8-14-31-33(39)34(20-40-34)19-28(42-31)18-27(37)17-25-9-11-26(35)12-10-25/h6-8,14-15,21,23-26,28-31,33,39H,9-13,16-20,35H2,1-5H3,(H,36,38)/b14-8+,15-6-,22-7+/t23-,24+,25?,26?,28+,29+,30-,31+,33+,34+/m0/s1. The molecule has 8 heteroatoms. The predicted octanol–water partition coefficient (Wildman–Crippen LogP) is 4.54. The highest BCUT2D eigenvalue weighted by Crippen LogP contribution is 2.43. The number of amides is 1. The van der Waals surface area contributed by atoms with Gasteiger partial charge in [-0.25, -0.2) is 0 Å². The zero-order chi connectivity index (χ0) is 30.4. The third-order valence-electron chi connectivity index (χ3n) is 9.55. The van der Waals surface area contributed by atoms with E-state index < -0.39 is 17.8 Å². The lowest BCUT2D eigenvalue weighted by molar-refractivity contribution is -0.144. The van der Waals surface area contributed by atoms with Crippen LogP contribution in [0.5, 0.6) is 0 Å². The van der Waals surface area contributed by atoms with Gasteiger partial charge in [0.05, 0.1) is 31.0 Å². The maximum atomic E-state index is 12.9. The highest BCUT2D eigenvalue weighted by molar-refractivity contribution is 5.87. The van der Waals surface area contributed by atoms with Crippen molar-refractivity contribution in [3.05, 3.63) is 36.0 Å². The lowest BCUT2D eigenvalue weighted by Crippen LogP contribution is -2.50. The number of ketones is 1. The number of aliphatic hydroxyl groups is 1. The van der Waals surface area contributed by atoms with Crippen LogP contribution >= 0.6 is 0 Å². The van der Waals surface area contributed by atoms with E-state index in [1.807, 2.05) is 45.9 Å². The number of nitrogens with one attached hydrogen (secondary N) is 1. The van der Waals surface area contributed by atoms with Crippen molar-refractivity contribution < 1.29 is 28.9 Å². The molecule has 3 aliphatic heterocycles. The third-order valence-corrected chi connectivity index (χ3v) is 9.55. The second-order valence-electron chi connectivity index (χ2n) is 13.8. The Bertz CT molecular complexity index is 1010. The number of carbonyl (C=O) groups is 2. The fourth-order valence-electron chi connectivity index (χ4n) is 6.69. The van der Waals surface area contributed by atoms with Gasteiger partial charge in [-0.3, -0.25) is 9.59 Å². The molecule has 0 radical (unpaired) electrons. The Kier molecular flexibility index (Phi) is 11.6. The van der Waals surface area contributed by atoms with Crippen molar-refractivity contribution in [3.8, 4) is 0 Å². The summed E-state index contributed by atoms with van der Waals surface area (Å²) in [6.07, 6.45) is 15.2. The Hall–Kier alpha value is -1.84. The van der Waals surface area contributed by atoms with E-state index in [2.05, 4.69) is 18.3 Å². The largest absolute Gasteiger partial charge is 0.387 e. The van der Waals surface area contributed by atoms with Gasteiger partial charge in [0.25, 0.3) is 0 Å². The van der Waals surface area contributed by atoms with Gasteiger partial charge in [-0.1, -0.05) is 50.6 Å². The second-order valence-corrected chi connectivity index (χ2v) is 13.8. The molecular formula is C34H54N2O6. The van der Waals surface area contributed by atoms with Crippen LogP contribution < -0.4 is 11.1 Å². The zero-order valence-electron chi connectivity index (χ0n) is 26.3. The molecule has 1 saturated carbocycles. The minimum atomic E-state index is -0.752. The van der Waals surface area contributed by atoms with Crippen LogP contribution in [0.1, 0.15) is 92.4 Å². The summed E-state index contributed by atoms with van der Waals surface area (Å²) in [5.74, 6) is 1.23. The number of nitrogens with two attached hydrogens (primary N) is 1. The van der Waals surface area contributed by atoms with E-state index in [4.69, 9.17) is 19.9 Å². The zero-order valence-corrected chi connectivity index (χ0v) is 26.3. The first-order valence-electron chi connectivity index (χ1n) is 16.2. The van der Waals surface area contributed by atoms with Crippen LogP contribution in [0.2, 0.25) is 0 Å². The van der Waals surface area contributed by atoms with E-state index in [0.29, 0.717) is 43.6 Å². The maximum absolute atomic E-state index is 12.9. The van der Waals surface area contributed by atoms with E-state index in [9.17, 15) is 14.7 Å². The molecule has 236 valence electrons. The number of Topliss-reactive ketones (excluding diaryl/α,β-unsaturated/α-hetero) is 1. The van der Waals surface area contributed by atoms with Crippen molar-refractivity contribution in [2.75, 3.05) is 6.61 Å². The van der Waals surface area contributed by atoms with E-state index >= 15 is 0 Å². The van der Waals surface area contributed by atoms with Crippen LogP contribution in [0.15, 0.2) is 36.0 Å². The van der Waals surface area contributed by atoms with E-state index in [0.717, 1.165) is 44.1 Å². The molecule has 1 aliphatic carbocycles. The molecule has 0 aromatic carbocycles. The van der Waals surface area contributed by atoms with Gasteiger partial charge in [-0.15, -0.1) is 0 Å². The Morgan fingerprint density at radius 3 is 2.48 bits per heavy atom. The quantitative estimate of drug-likeness (QED) is 0.184. The summed E-state index contributed by atoms with van der Waals surface area (Å²) in [4.78, 5) is 25.2. The Labute approximate surface area is 252 Å². The van der Waals surface area contributed by atoms with Crippen LogP contribution in [0.3, 0.4) is 0 Å². The first-order valence-corrected chi connectivity index (χ1v) is 16.2. The van der Waals surface area contributed by atoms with Gasteiger partial charge in [-0.05, 0) is 76.2 Å². The normalized spacial score (nSPS) is 39.3. The molecule has 3 saturated heterocycles. The summed E-state index contributed by atoms with van der Waals surface area (Å²) in [6, 6.07) is 0.274. The Morgan fingerprint density at radius 2 is 1.81 bits per heavy atom. The number of hydrogen-bond acceptors (Lipinski definition) is 7. The highest BCUT2D eigenvalue weighted by Gasteiger charge is 2.58. The molecule has 0 aromatic rings. The number of aliphatic hydroxyl groups excluding tert-OH is 1. The number of carbonyl (C=O) groups excluding carboxylic acids is 2. The minimum absolute atomic E-state index is 0.00627.